The van der Waals surface area contributed by atoms with Crippen molar-refractivity contribution in [1.29, 1.82) is 0 Å². The van der Waals surface area contributed by atoms with E-state index in [0.29, 0.717) is 12.0 Å². The van der Waals surface area contributed by atoms with Gasteiger partial charge in [0.15, 0.2) is 17.4 Å². The van der Waals surface area contributed by atoms with Crippen LogP contribution in [0.3, 0.4) is 0 Å². The second-order valence-corrected chi connectivity index (χ2v) is 3.28. The Balaban J connectivity index is 2.89. The number of benzene rings is 1. The van der Waals surface area contributed by atoms with Gasteiger partial charge >= 0.3 is 0 Å². The third kappa shape index (κ3) is 2.42. The molecule has 0 aromatic heterocycles. The van der Waals surface area contributed by atoms with E-state index in [0.717, 1.165) is 12.5 Å². The lowest BCUT2D eigenvalue weighted by Crippen LogP contribution is -2.21. The summed E-state index contributed by atoms with van der Waals surface area (Å²) >= 11 is 0. The summed E-state index contributed by atoms with van der Waals surface area (Å²) in [4.78, 5) is 0. The van der Waals surface area contributed by atoms with Crippen LogP contribution in [0.4, 0.5) is 8.78 Å². The first kappa shape index (κ1) is 10.9. The van der Waals surface area contributed by atoms with Crippen molar-refractivity contribution in [2.45, 2.75) is 25.8 Å². The molecule has 0 heterocycles. The molecule has 0 bridgehead atoms. The molecule has 1 aromatic carbocycles. The third-order valence-corrected chi connectivity index (χ3v) is 2.09. The van der Waals surface area contributed by atoms with E-state index in [1.165, 1.54) is 6.07 Å². The van der Waals surface area contributed by atoms with Crippen LogP contribution in [-0.4, -0.2) is 11.1 Å². The van der Waals surface area contributed by atoms with Gasteiger partial charge < -0.3 is 10.8 Å². The number of phenols is 1. The van der Waals surface area contributed by atoms with Crippen molar-refractivity contribution in [3.8, 4) is 5.75 Å². The standard InChI is InChI=1S/C10H13F2NO/c1-2-7(13)3-6-4-8(11)10(12)9(14)5-6/h4-5,7,14H,2-3,13H2,1H3. The molecule has 1 rings (SSSR count). The number of aromatic hydroxyl groups is 1. The summed E-state index contributed by atoms with van der Waals surface area (Å²) in [5.74, 6) is -2.91. The van der Waals surface area contributed by atoms with E-state index >= 15 is 0 Å². The van der Waals surface area contributed by atoms with E-state index < -0.39 is 17.4 Å². The minimum absolute atomic E-state index is 0.0979. The number of nitrogens with two attached hydrogens (primary N) is 1. The fraction of sp³-hybridized carbons (Fsp3) is 0.400. The van der Waals surface area contributed by atoms with Crippen LogP contribution in [0, 0.1) is 11.6 Å². The Kier molecular flexibility index (Phi) is 3.41. The van der Waals surface area contributed by atoms with Crippen molar-refractivity contribution in [3.05, 3.63) is 29.3 Å². The molecular formula is C10H13F2NO. The lowest BCUT2D eigenvalue weighted by Gasteiger charge is -2.09. The molecule has 2 nitrogen and oxygen atoms in total. The average molecular weight is 201 g/mol. The zero-order valence-corrected chi connectivity index (χ0v) is 7.93. The summed E-state index contributed by atoms with van der Waals surface area (Å²) in [6.45, 7) is 1.91. The van der Waals surface area contributed by atoms with Gasteiger partial charge in [0.1, 0.15) is 0 Å². The Morgan fingerprint density at radius 2 is 2.07 bits per heavy atom. The van der Waals surface area contributed by atoms with Crippen molar-refractivity contribution in [2.75, 3.05) is 0 Å². The molecular weight excluding hydrogens is 188 g/mol. The molecule has 1 atom stereocenters. The number of hydrogen-bond donors (Lipinski definition) is 2. The van der Waals surface area contributed by atoms with Crippen molar-refractivity contribution < 1.29 is 13.9 Å². The van der Waals surface area contributed by atoms with Crippen molar-refractivity contribution in [3.63, 3.8) is 0 Å². The lowest BCUT2D eigenvalue weighted by molar-refractivity contribution is 0.405. The van der Waals surface area contributed by atoms with Gasteiger partial charge in [-0.1, -0.05) is 6.92 Å². The molecule has 0 aliphatic heterocycles. The molecule has 0 amide bonds. The van der Waals surface area contributed by atoms with Crippen molar-refractivity contribution in [2.24, 2.45) is 5.73 Å². The van der Waals surface area contributed by atoms with E-state index in [-0.39, 0.29) is 6.04 Å². The lowest BCUT2D eigenvalue weighted by atomic mass is 10.0. The Hall–Kier alpha value is -1.16. The zero-order chi connectivity index (χ0) is 10.7. The van der Waals surface area contributed by atoms with Crippen LogP contribution in [-0.2, 0) is 6.42 Å². The molecule has 1 unspecified atom stereocenters. The van der Waals surface area contributed by atoms with Crippen LogP contribution >= 0.6 is 0 Å². The first-order valence-electron chi connectivity index (χ1n) is 4.47. The molecule has 0 saturated carbocycles. The normalized spacial score (nSPS) is 12.9. The molecule has 78 valence electrons. The average Bonchev–Trinajstić information content (AvgIpc) is 2.14. The highest BCUT2D eigenvalue weighted by Gasteiger charge is 2.11. The maximum Gasteiger partial charge on any atom is 0.200 e. The minimum atomic E-state index is -1.21. The molecule has 3 N–H and O–H groups in total. The van der Waals surface area contributed by atoms with Gasteiger partial charge in [-0.25, -0.2) is 4.39 Å². The first-order valence-corrected chi connectivity index (χ1v) is 4.47. The van der Waals surface area contributed by atoms with Gasteiger partial charge in [0.05, 0.1) is 0 Å². The summed E-state index contributed by atoms with van der Waals surface area (Å²) in [7, 11) is 0. The fourth-order valence-corrected chi connectivity index (χ4v) is 1.19. The summed E-state index contributed by atoms with van der Waals surface area (Å²) in [6, 6.07) is 2.16. The second kappa shape index (κ2) is 4.37. The molecule has 0 spiro atoms. The topological polar surface area (TPSA) is 46.2 Å². The van der Waals surface area contributed by atoms with Gasteiger partial charge in [0, 0.05) is 6.04 Å². The monoisotopic (exact) mass is 201 g/mol. The highest BCUT2D eigenvalue weighted by Crippen LogP contribution is 2.21. The van der Waals surface area contributed by atoms with Crippen LogP contribution in [0.2, 0.25) is 0 Å². The number of hydrogen-bond acceptors (Lipinski definition) is 2. The van der Waals surface area contributed by atoms with Gasteiger partial charge in [0.2, 0.25) is 0 Å². The van der Waals surface area contributed by atoms with E-state index in [4.69, 9.17) is 10.8 Å². The number of halogens is 2. The first-order chi connectivity index (χ1) is 6.54. The molecule has 0 aliphatic carbocycles. The summed E-state index contributed by atoms with van der Waals surface area (Å²) < 4.78 is 25.5. The molecule has 0 fully saturated rings. The SMILES string of the molecule is CCC(N)Cc1cc(O)c(F)c(F)c1. The highest BCUT2D eigenvalue weighted by atomic mass is 19.2. The molecule has 14 heavy (non-hydrogen) atoms. The fourth-order valence-electron chi connectivity index (χ4n) is 1.19. The van der Waals surface area contributed by atoms with Gasteiger partial charge in [-0.15, -0.1) is 0 Å². The van der Waals surface area contributed by atoms with Crippen LogP contribution in [0.1, 0.15) is 18.9 Å². The van der Waals surface area contributed by atoms with E-state index in [1.807, 2.05) is 6.92 Å². The van der Waals surface area contributed by atoms with Crippen LogP contribution in [0.5, 0.6) is 5.75 Å². The Morgan fingerprint density at radius 3 is 2.57 bits per heavy atom. The van der Waals surface area contributed by atoms with Gasteiger partial charge in [-0.3, -0.25) is 0 Å². The van der Waals surface area contributed by atoms with Crippen molar-refractivity contribution >= 4 is 0 Å². The van der Waals surface area contributed by atoms with Gasteiger partial charge in [0.25, 0.3) is 0 Å². The highest BCUT2D eigenvalue weighted by molar-refractivity contribution is 5.30. The second-order valence-electron chi connectivity index (χ2n) is 3.28. The molecule has 1 aromatic rings. The van der Waals surface area contributed by atoms with Crippen molar-refractivity contribution in [1.82, 2.24) is 0 Å². The summed E-state index contributed by atoms with van der Waals surface area (Å²) in [5, 5.41) is 9.01. The smallest absolute Gasteiger partial charge is 0.200 e. The van der Waals surface area contributed by atoms with E-state index in [9.17, 15) is 8.78 Å². The Morgan fingerprint density at radius 1 is 1.43 bits per heavy atom. The Labute approximate surface area is 81.4 Å². The Bertz CT molecular complexity index is 305. The minimum Gasteiger partial charge on any atom is -0.505 e. The maximum absolute atomic E-state index is 12.8. The quantitative estimate of drug-likeness (QED) is 0.785. The van der Waals surface area contributed by atoms with Crippen LogP contribution < -0.4 is 5.73 Å². The largest absolute Gasteiger partial charge is 0.505 e. The predicted molar refractivity (Wildman–Crippen MR) is 50.0 cm³/mol. The summed E-state index contributed by atoms with van der Waals surface area (Å²) in [6.07, 6.45) is 1.18. The summed E-state index contributed by atoms with van der Waals surface area (Å²) in [5.41, 5.74) is 6.16. The molecule has 0 saturated heterocycles. The van der Waals surface area contributed by atoms with Crippen LogP contribution in [0.15, 0.2) is 12.1 Å². The van der Waals surface area contributed by atoms with Crippen LogP contribution in [0.25, 0.3) is 0 Å². The third-order valence-electron chi connectivity index (χ3n) is 2.09. The number of phenolic OH excluding ortho intramolecular Hbond substituents is 1. The number of rotatable bonds is 3. The zero-order valence-electron chi connectivity index (χ0n) is 7.93. The molecule has 0 radical (unpaired) electrons. The molecule has 4 heteroatoms. The predicted octanol–water partition coefficient (Wildman–Crippen LogP) is 1.95. The maximum atomic E-state index is 12.8. The van der Waals surface area contributed by atoms with E-state index in [1.54, 1.807) is 0 Å². The van der Waals surface area contributed by atoms with E-state index in [2.05, 4.69) is 0 Å². The van der Waals surface area contributed by atoms with Gasteiger partial charge in [-0.05, 0) is 30.5 Å². The molecule has 0 aliphatic rings. The van der Waals surface area contributed by atoms with Gasteiger partial charge in [-0.2, -0.15) is 4.39 Å².